The van der Waals surface area contributed by atoms with Gasteiger partial charge in [0.1, 0.15) is 12.4 Å². The number of hydrogen-bond donors (Lipinski definition) is 2. The molecule has 0 aliphatic rings. The summed E-state index contributed by atoms with van der Waals surface area (Å²) in [5.74, 6) is 4.04. The molecule has 0 radical (unpaired) electrons. The molecule has 1 atom stereocenters. The van der Waals surface area contributed by atoms with Gasteiger partial charge in [0.05, 0.1) is 11.6 Å². The maximum absolute atomic E-state index is 13.8. The third-order valence-corrected chi connectivity index (χ3v) is 3.90. The molecular weight excluding hydrogens is 289 g/mol. The normalized spacial score (nSPS) is 11.4. The van der Waals surface area contributed by atoms with Crippen molar-refractivity contribution in [2.45, 2.75) is 13.0 Å². The Kier molecular flexibility index (Phi) is 5.09. The molecule has 1 aromatic carbocycles. The number of benzene rings is 1. The van der Waals surface area contributed by atoms with Gasteiger partial charge in [-0.2, -0.15) is 0 Å². The lowest BCUT2D eigenvalue weighted by Crippen LogP contribution is -2.27. The molecule has 5 heteroatoms. The Hall–Kier alpha value is -2.16. The summed E-state index contributed by atoms with van der Waals surface area (Å²) in [7, 11) is 0. The molecule has 0 spiro atoms. The van der Waals surface area contributed by atoms with E-state index in [0.717, 1.165) is 4.88 Å². The number of carbonyl (C=O) groups excluding carboxylic acids is 1. The summed E-state index contributed by atoms with van der Waals surface area (Å²) < 4.78 is 13.8. The van der Waals surface area contributed by atoms with E-state index in [1.165, 1.54) is 29.5 Å². The van der Waals surface area contributed by atoms with Gasteiger partial charge in [0, 0.05) is 10.4 Å². The fourth-order valence-corrected chi connectivity index (χ4v) is 2.54. The fourth-order valence-electron chi connectivity index (χ4n) is 1.80. The van der Waals surface area contributed by atoms with Crippen molar-refractivity contribution in [3.05, 3.63) is 57.5 Å². The zero-order valence-electron chi connectivity index (χ0n) is 11.4. The Balaban J connectivity index is 2.18. The Morgan fingerprint density at radius 2 is 2.29 bits per heavy atom. The Morgan fingerprint density at radius 1 is 1.48 bits per heavy atom. The number of rotatable bonds is 3. The molecule has 0 saturated carbocycles. The topological polar surface area (TPSA) is 49.3 Å². The van der Waals surface area contributed by atoms with Gasteiger partial charge in [0.15, 0.2) is 0 Å². The number of aliphatic hydroxyl groups excluding tert-OH is 1. The third kappa shape index (κ3) is 3.91. The predicted octanol–water partition coefficient (Wildman–Crippen LogP) is 2.72. The van der Waals surface area contributed by atoms with Crippen molar-refractivity contribution in [2.24, 2.45) is 0 Å². The minimum atomic E-state index is -0.597. The second-order valence-electron chi connectivity index (χ2n) is 4.37. The zero-order valence-corrected chi connectivity index (χ0v) is 12.2. The molecule has 1 aromatic heterocycles. The van der Waals surface area contributed by atoms with Crippen LogP contribution in [-0.4, -0.2) is 17.6 Å². The highest BCUT2D eigenvalue weighted by Gasteiger charge is 2.16. The molecule has 21 heavy (non-hydrogen) atoms. The molecule has 2 aromatic rings. The summed E-state index contributed by atoms with van der Waals surface area (Å²) in [6.07, 6.45) is 0. The van der Waals surface area contributed by atoms with Crippen molar-refractivity contribution in [3.8, 4) is 11.8 Å². The monoisotopic (exact) mass is 303 g/mol. The van der Waals surface area contributed by atoms with Gasteiger partial charge in [-0.05, 0) is 36.6 Å². The second kappa shape index (κ2) is 7.02. The highest BCUT2D eigenvalue weighted by Crippen LogP contribution is 2.19. The molecule has 0 bridgehead atoms. The van der Waals surface area contributed by atoms with E-state index in [9.17, 15) is 9.18 Å². The van der Waals surface area contributed by atoms with Crippen LogP contribution in [0.3, 0.4) is 0 Å². The smallest absolute Gasteiger partial charge is 0.254 e. The Bertz CT molecular complexity index is 686. The first-order valence-corrected chi connectivity index (χ1v) is 7.23. The highest BCUT2D eigenvalue weighted by molar-refractivity contribution is 7.10. The summed E-state index contributed by atoms with van der Waals surface area (Å²) in [4.78, 5) is 13.2. The quantitative estimate of drug-likeness (QED) is 0.857. The number of hydrogen-bond acceptors (Lipinski definition) is 3. The minimum Gasteiger partial charge on any atom is -0.384 e. The van der Waals surface area contributed by atoms with Crippen LogP contribution in [0.5, 0.6) is 0 Å². The minimum absolute atomic E-state index is 0.0526. The molecule has 0 fully saturated rings. The van der Waals surface area contributed by atoms with Gasteiger partial charge in [-0.1, -0.05) is 17.9 Å². The van der Waals surface area contributed by atoms with E-state index in [1.54, 1.807) is 0 Å². The first-order valence-electron chi connectivity index (χ1n) is 6.35. The summed E-state index contributed by atoms with van der Waals surface area (Å²) in [5, 5.41) is 13.3. The van der Waals surface area contributed by atoms with Crippen molar-refractivity contribution in [1.29, 1.82) is 0 Å². The zero-order chi connectivity index (χ0) is 15.2. The summed E-state index contributed by atoms with van der Waals surface area (Å²) >= 11 is 1.53. The number of halogens is 1. The third-order valence-electron chi connectivity index (χ3n) is 2.84. The first kappa shape index (κ1) is 15.2. The van der Waals surface area contributed by atoms with Crippen LogP contribution in [0.1, 0.15) is 33.8 Å². The van der Waals surface area contributed by atoms with E-state index in [0.29, 0.717) is 5.56 Å². The number of carbonyl (C=O) groups is 1. The Labute approximate surface area is 126 Å². The van der Waals surface area contributed by atoms with Crippen molar-refractivity contribution >= 4 is 17.2 Å². The highest BCUT2D eigenvalue weighted by atomic mass is 32.1. The van der Waals surface area contributed by atoms with Crippen molar-refractivity contribution in [1.82, 2.24) is 5.32 Å². The van der Waals surface area contributed by atoms with Crippen molar-refractivity contribution in [3.63, 3.8) is 0 Å². The van der Waals surface area contributed by atoms with Gasteiger partial charge in [0.2, 0.25) is 0 Å². The standard InChI is InChI=1S/C16H14FNO2S/c1-11(15-5-3-9-21-15)18-16(20)13-10-12(4-2-8-19)6-7-14(13)17/h3,5-7,9-11,19H,8H2,1H3,(H,18,20). The van der Waals surface area contributed by atoms with Crippen LogP contribution in [0, 0.1) is 17.7 Å². The number of aliphatic hydroxyl groups is 1. The van der Waals surface area contributed by atoms with Gasteiger partial charge >= 0.3 is 0 Å². The molecule has 0 aliphatic heterocycles. The van der Waals surface area contributed by atoms with Crippen LogP contribution in [0.4, 0.5) is 4.39 Å². The molecular formula is C16H14FNO2S. The molecule has 1 unspecified atom stereocenters. The Morgan fingerprint density at radius 3 is 2.95 bits per heavy atom. The average Bonchev–Trinajstić information content (AvgIpc) is 3.00. The molecule has 2 rings (SSSR count). The van der Waals surface area contributed by atoms with Gasteiger partial charge in [-0.15, -0.1) is 11.3 Å². The second-order valence-corrected chi connectivity index (χ2v) is 5.34. The van der Waals surface area contributed by atoms with Gasteiger partial charge < -0.3 is 10.4 Å². The predicted molar refractivity (Wildman–Crippen MR) is 80.6 cm³/mol. The molecule has 108 valence electrons. The summed E-state index contributed by atoms with van der Waals surface area (Å²) in [6, 6.07) is 7.67. The van der Waals surface area contributed by atoms with E-state index < -0.39 is 11.7 Å². The average molecular weight is 303 g/mol. The fraction of sp³-hybridized carbons (Fsp3) is 0.188. The van der Waals surface area contributed by atoms with Gasteiger partial charge in [-0.25, -0.2) is 4.39 Å². The largest absolute Gasteiger partial charge is 0.384 e. The molecule has 1 heterocycles. The maximum Gasteiger partial charge on any atom is 0.254 e. The lowest BCUT2D eigenvalue weighted by atomic mass is 10.1. The molecule has 3 nitrogen and oxygen atoms in total. The maximum atomic E-state index is 13.8. The van der Waals surface area contributed by atoms with Crippen LogP contribution in [0.2, 0.25) is 0 Å². The van der Waals surface area contributed by atoms with Crippen molar-refractivity contribution < 1.29 is 14.3 Å². The van der Waals surface area contributed by atoms with Crippen LogP contribution < -0.4 is 5.32 Å². The number of thiophene rings is 1. The lowest BCUT2D eigenvalue weighted by molar-refractivity contribution is 0.0936. The summed E-state index contributed by atoms with van der Waals surface area (Å²) in [5.41, 5.74) is 0.433. The SMILES string of the molecule is CC(NC(=O)c1cc(C#CCO)ccc1F)c1cccs1. The van der Waals surface area contributed by atoms with E-state index in [4.69, 9.17) is 5.11 Å². The van der Waals surface area contributed by atoms with Crippen LogP contribution in [0.25, 0.3) is 0 Å². The molecule has 2 N–H and O–H groups in total. The van der Waals surface area contributed by atoms with E-state index >= 15 is 0 Å². The van der Waals surface area contributed by atoms with Crippen LogP contribution in [0.15, 0.2) is 35.7 Å². The van der Waals surface area contributed by atoms with Crippen LogP contribution >= 0.6 is 11.3 Å². The van der Waals surface area contributed by atoms with E-state index in [2.05, 4.69) is 17.2 Å². The van der Waals surface area contributed by atoms with E-state index in [-0.39, 0.29) is 18.2 Å². The number of nitrogens with one attached hydrogen (secondary N) is 1. The van der Waals surface area contributed by atoms with E-state index in [1.807, 2.05) is 24.4 Å². The van der Waals surface area contributed by atoms with Crippen LogP contribution in [-0.2, 0) is 0 Å². The first-order chi connectivity index (χ1) is 10.1. The van der Waals surface area contributed by atoms with Gasteiger partial charge in [0.25, 0.3) is 5.91 Å². The molecule has 0 aliphatic carbocycles. The molecule has 0 saturated heterocycles. The lowest BCUT2D eigenvalue weighted by Gasteiger charge is -2.12. The van der Waals surface area contributed by atoms with Crippen molar-refractivity contribution in [2.75, 3.05) is 6.61 Å². The molecule has 1 amide bonds. The van der Waals surface area contributed by atoms with Gasteiger partial charge in [-0.3, -0.25) is 4.79 Å². The number of amides is 1. The summed E-state index contributed by atoms with van der Waals surface area (Å²) in [6.45, 7) is 1.56.